The Morgan fingerprint density at radius 3 is 2.59 bits per heavy atom. The number of hydrogen-bond donors (Lipinski definition) is 2. The maximum absolute atomic E-state index is 13.0. The molecule has 0 saturated carbocycles. The fourth-order valence-corrected chi connectivity index (χ4v) is 4.21. The second-order valence-electron chi connectivity index (χ2n) is 7.47. The van der Waals surface area contributed by atoms with Gasteiger partial charge in [0.25, 0.3) is 0 Å². The van der Waals surface area contributed by atoms with Gasteiger partial charge in [0, 0.05) is 36.3 Å². The predicted molar refractivity (Wildman–Crippen MR) is 115 cm³/mol. The van der Waals surface area contributed by atoms with Crippen molar-refractivity contribution in [2.45, 2.75) is 18.9 Å². The van der Waals surface area contributed by atoms with E-state index >= 15 is 0 Å². The monoisotopic (exact) mass is 383 g/mol. The normalized spacial score (nSPS) is 17.1. The average Bonchev–Trinajstić information content (AvgIpc) is 3.16. The van der Waals surface area contributed by atoms with E-state index in [1.165, 1.54) is 0 Å². The second-order valence-corrected chi connectivity index (χ2v) is 7.47. The smallest absolute Gasteiger partial charge is 0.247 e. The maximum Gasteiger partial charge on any atom is 0.247 e. The Morgan fingerprint density at radius 1 is 1.07 bits per heavy atom. The van der Waals surface area contributed by atoms with Gasteiger partial charge in [-0.3, -0.25) is 14.9 Å². The van der Waals surface area contributed by atoms with Crippen molar-refractivity contribution in [3.63, 3.8) is 0 Å². The lowest BCUT2D eigenvalue weighted by molar-refractivity contribution is -0.118. The molecule has 29 heavy (non-hydrogen) atoms. The quantitative estimate of drug-likeness (QED) is 0.556. The lowest BCUT2D eigenvalue weighted by Gasteiger charge is -2.38. The number of nitrogens with zero attached hydrogens (tertiary/aromatic N) is 3. The maximum atomic E-state index is 13.0. The predicted octanol–water partition coefficient (Wildman–Crippen LogP) is 4.19. The first kappa shape index (κ1) is 17.4. The van der Waals surface area contributed by atoms with Gasteiger partial charge in [-0.2, -0.15) is 5.10 Å². The molecule has 0 radical (unpaired) electrons. The second kappa shape index (κ2) is 6.74. The number of hydrogen-bond acceptors (Lipinski definition) is 4. The van der Waals surface area contributed by atoms with E-state index < -0.39 is 0 Å². The Hall–Kier alpha value is -3.67. The number of likely N-dealkylation sites (N-methyl/N-ethyl adjacent to an activating group) is 1. The highest BCUT2D eigenvalue weighted by Gasteiger charge is 2.35. The summed E-state index contributed by atoms with van der Waals surface area (Å²) in [5.41, 5.74) is 5.70. The van der Waals surface area contributed by atoms with E-state index in [1.54, 1.807) is 12.4 Å². The van der Waals surface area contributed by atoms with Crippen LogP contribution in [0.2, 0.25) is 0 Å². The zero-order chi connectivity index (χ0) is 20.0. The third kappa shape index (κ3) is 2.84. The van der Waals surface area contributed by atoms with Gasteiger partial charge >= 0.3 is 0 Å². The number of carbonyl (C=O) groups excluding carboxylic acids is 1. The van der Waals surface area contributed by atoms with Gasteiger partial charge in [0.1, 0.15) is 11.7 Å². The lowest BCUT2D eigenvalue weighted by atomic mass is 9.90. The van der Waals surface area contributed by atoms with Crippen molar-refractivity contribution < 1.29 is 4.79 Å². The van der Waals surface area contributed by atoms with E-state index in [4.69, 9.17) is 0 Å². The number of rotatable bonds is 3. The van der Waals surface area contributed by atoms with E-state index in [-0.39, 0.29) is 17.9 Å². The van der Waals surface area contributed by atoms with Crippen molar-refractivity contribution in [2.75, 3.05) is 17.3 Å². The number of anilines is 2. The van der Waals surface area contributed by atoms with Crippen LogP contribution in [0.3, 0.4) is 0 Å². The van der Waals surface area contributed by atoms with E-state index in [0.29, 0.717) is 0 Å². The van der Waals surface area contributed by atoms with Crippen LogP contribution < -0.4 is 10.2 Å². The summed E-state index contributed by atoms with van der Waals surface area (Å²) < 4.78 is 0. The highest BCUT2D eigenvalue weighted by Crippen LogP contribution is 2.40. The van der Waals surface area contributed by atoms with Gasteiger partial charge in [-0.15, -0.1) is 0 Å². The summed E-state index contributed by atoms with van der Waals surface area (Å²) in [7, 11) is 1.99. The van der Waals surface area contributed by atoms with Crippen LogP contribution in [-0.2, 0) is 4.79 Å². The molecule has 0 spiro atoms. The first-order chi connectivity index (χ1) is 14.1. The highest BCUT2D eigenvalue weighted by atomic mass is 16.2. The summed E-state index contributed by atoms with van der Waals surface area (Å²) in [5.74, 6) is 0.0543. The lowest BCUT2D eigenvalue weighted by Crippen LogP contribution is -2.48. The molecule has 2 aromatic carbocycles. The number of pyridine rings is 1. The molecule has 2 N–H and O–H groups in total. The molecule has 0 bridgehead atoms. The number of benzene rings is 2. The molecule has 0 aliphatic carbocycles. The van der Waals surface area contributed by atoms with Crippen molar-refractivity contribution in [1.82, 2.24) is 15.2 Å². The van der Waals surface area contributed by atoms with Crippen LogP contribution in [0, 0.1) is 0 Å². The molecule has 5 rings (SSSR count). The molecule has 4 aromatic rings. The molecule has 1 amide bonds. The van der Waals surface area contributed by atoms with Gasteiger partial charge in [0.15, 0.2) is 0 Å². The summed E-state index contributed by atoms with van der Waals surface area (Å²) in [6.45, 7) is 2.10. The van der Waals surface area contributed by atoms with E-state index in [2.05, 4.69) is 50.5 Å². The van der Waals surface area contributed by atoms with E-state index in [9.17, 15) is 4.79 Å². The van der Waals surface area contributed by atoms with Crippen LogP contribution in [0.4, 0.5) is 11.4 Å². The van der Waals surface area contributed by atoms with Gasteiger partial charge < -0.3 is 10.2 Å². The number of carbonyl (C=O) groups is 1. The molecular weight excluding hydrogens is 362 g/mol. The SMILES string of the molecule is C[C@H](c1ccccc1)C1C(=O)Nc2cc3[nH]nc(-c4ccncc4)c3cc2N1C. The highest BCUT2D eigenvalue weighted by molar-refractivity contribution is 6.08. The molecule has 1 aliphatic rings. The summed E-state index contributed by atoms with van der Waals surface area (Å²) in [6, 6.07) is 17.8. The fraction of sp³-hybridized carbons (Fsp3) is 0.174. The molecular formula is C23H21N5O. The number of nitrogens with one attached hydrogen (secondary N) is 2. The van der Waals surface area contributed by atoms with E-state index in [1.807, 2.05) is 43.4 Å². The fourth-order valence-electron chi connectivity index (χ4n) is 4.21. The zero-order valence-corrected chi connectivity index (χ0v) is 16.3. The molecule has 1 aliphatic heterocycles. The number of amides is 1. The number of aromatic amines is 1. The Labute approximate surface area is 168 Å². The topological polar surface area (TPSA) is 73.9 Å². The molecule has 0 saturated heterocycles. The van der Waals surface area contributed by atoms with Crippen molar-refractivity contribution in [3.05, 3.63) is 72.6 Å². The van der Waals surface area contributed by atoms with Crippen LogP contribution in [0.25, 0.3) is 22.2 Å². The van der Waals surface area contributed by atoms with Gasteiger partial charge in [-0.25, -0.2) is 0 Å². The van der Waals surface area contributed by atoms with Gasteiger partial charge in [-0.1, -0.05) is 37.3 Å². The zero-order valence-electron chi connectivity index (χ0n) is 16.3. The third-order valence-corrected chi connectivity index (χ3v) is 5.76. The molecule has 0 fully saturated rings. The number of fused-ring (bicyclic) bond motifs is 2. The summed E-state index contributed by atoms with van der Waals surface area (Å²) in [6.07, 6.45) is 3.52. The van der Waals surface area contributed by atoms with Crippen LogP contribution in [0.1, 0.15) is 18.4 Å². The molecule has 144 valence electrons. The Bertz CT molecular complexity index is 1190. The standard InChI is InChI=1S/C23H21N5O/c1-14(15-6-4-3-5-7-15)22-23(29)25-19-13-18-17(12-20(19)28(22)2)21(27-26-18)16-8-10-24-11-9-16/h3-14,22H,1-2H3,(H,25,29)(H,26,27)/t14-,22?/m1/s1. The summed E-state index contributed by atoms with van der Waals surface area (Å²) >= 11 is 0. The minimum Gasteiger partial charge on any atom is -0.360 e. The Kier molecular flexibility index (Phi) is 4.05. The number of aromatic nitrogens is 3. The van der Waals surface area contributed by atoms with Crippen molar-refractivity contribution in [3.8, 4) is 11.3 Å². The first-order valence-electron chi connectivity index (χ1n) is 9.64. The molecule has 6 nitrogen and oxygen atoms in total. The third-order valence-electron chi connectivity index (χ3n) is 5.76. The van der Waals surface area contributed by atoms with Crippen LogP contribution in [-0.4, -0.2) is 34.2 Å². The molecule has 2 atom stereocenters. The molecule has 2 aromatic heterocycles. The van der Waals surface area contributed by atoms with Crippen LogP contribution in [0.15, 0.2) is 67.0 Å². The largest absolute Gasteiger partial charge is 0.360 e. The van der Waals surface area contributed by atoms with Gasteiger partial charge in [-0.05, 0) is 29.8 Å². The summed E-state index contributed by atoms with van der Waals surface area (Å²) in [5, 5.41) is 11.7. The van der Waals surface area contributed by atoms with Crippen molar-refractivity contribution >= 4 is 28.2 Å². The first-order valence-corrected chi connectivity index (χ1v) is 9.64. The van der Waals surface area contributed by atoms with Crippen molar-refractivity contribution in [2.24, 2.45) is 0 Å². The van der Waals surface area contributed by atoms with Gasteiger partial charge in [0.2, 0.25) is 5.91 Å². The summed E-state index contributed by atoms with van der Waals surface area (Å²) in [4.78, 5) is 19.1. The minimum absolute atomic E-state index is 0.00424. The molecule has 6 heteroatoms. The van der Waals surface area contributed by atoms with Gasteiger partial charge in [0.05, 0.1) is 16.9 Å². The molecule has 3 heterocycles. The average molecular weight is 383 g/mol. The number of H-pyrrole nitrogens is 1. The minimum atomic E-state index is -0.293. The Balaban J connectivity index is 1.59. The van der Waals surface area contributed by atoms with Crippen LogP contribution in [0.5, 0.6) is 0 Å². The van der Waals surface area contributed by atoms with E-state index in [0.717, 1.165) is 39.1 Å². The Morgan fingerprint density at radius 2 is 1.83 bits per heavy atom. The van der Waals surface area contributed by atoms with Crippen LogP contribution >= 0.6 is 0 Å². The van der Waals surface area contributed by atoms with Crippen molar-refractivity contribution in [1.29, 1.82) is 0 Å². The molecule has 1 unspecified atom stereocenters.